The number of piperazine rings is 1. The molecule has 0 spiro atoms. The summed E-state index contributed by atoms with van der Waals surface area (Å²) in [5.41, 5.74) is 0. The minimum absolute atomic E-state index is 0.0394. The predicted molar refractivity (Wildman–Crippen MR) is 73.5 cm³/mol. The topological polar surface area (TPSA) is 87.2 Å². The number of amides is 2. The Bertz CT molecular complexity index is 418. The summed E-state index contributed by atoms with van der Waals surface area (Å²) < 4.78 is 4.82. The van der Waals surface area contributed by atoms with Gasteiger partial charge in [0.1, 0.15) is 6.61 Å². The molecule has 2 aliphatic rings. The highest BCUT2D eigenvalue weighted by molar-refractivity contribution is 5.82. The fraction of sp³-hybridized carbons (Fsp3) is 0.786. The number of nitrogens with zero attached hydrogens (tertiary/aromatic N) is 2. The van der Waals surface area contributed by atoms with Gasteiger partial charge in [-0.1, -0.05) is 0 Å². The van der Waals surface area contributed by atoms with Gasteiger partial charge < -0.3 is 19.6 Å². The number of hydrogen-bond donors (Lipinski definition) is 1. The largest absolute Gasteiger partial charge is 0.481 e. The zero-order chi connectivity index (χ0) is 15.4. The molecule has 0 radical (unpaired) electrons. The van der Waals surface area contributed by atoms with Gasteiger partial charge in [0.25, 0.3) is 0 Å². The third kappa shape index (κ3) is 3.72. The Kier molecular flexibility index (Phi) is 5.17. The molecule has 7 nitrogen and oxygen atoms in total. The number of methoxy groups -OCH3 is 1. The van der Waals surface area contributed by atoms with E-state index in [-0.39, 0.29) is 30.3 Å². The molecular weight excluding hydrogens is 276 g/mol. The van der Waals surface area contributed by atoms with E-state index in [0.717, 1.165) is 0 Å². The highest BCUT2D eigenvalue weighted by Crippen LogP contribution is 2.32. The van der Waals surface area contributed by atoms with Crippen LogP contribution >= 0.6 is 0 Å². The van der Waals surface area contributed by atoms with E-state index in [9.17, 15) is 14.4 Å². The van der Waals surface area contributed by atoms with Gasteiger partial charge in [0.05, 0.1) is 5.92 Å². The monoisotopic (exact) mass is 298 g/mol. The van der Waals surface area contributed by atoms with Crippen molar-refractivity contribution < 1.29 is 24.2 Å². The molecule has 0 aromatic rings. The summed E-state index contributed by atoms with van der Waals surface area (Å²) in [7, 11) is 1.48. The lowest BCUT2D eigenvalue weighted by Crippen LogP contribution is -2.52. The van der Waals surface area contributed by atoms with Crippen molar-refractivity contribution in [1.82, 2.24) is 9.80 Å². The summed E-state index contributed by atoms with van der Waals surface area (Å²) in [5, 5.41) is 8.99. The summed E-state index contributed by atoms with van der Waals surface area (Å²) in [6, 6.07) is 0. The number of carbonyl (C=O) groups excluding carboxylic acids is 2. The maximum absolute atomic E-state index is 12.4. The lowest BCUT2D eigenvalue weighted by Gasteiger charge is -2.35. The number of ether oxygens (including phenoxy) is 1. The molecule has 21 heavy (non-hydrogen) atoms. The van der Waals surface area contributed by atoms with Crippen LogP contribution in [0.25, 0.3) is 0 Å². The lowest BCUT2D eigenvalue weighted by molar-refractivity contribution is -0.144. The Morgan fingerprint density at radius 1 is 1.05 bits per heavy atom. The minimum Gasteiger partial charge on any atom is -0.481 e. The first-order valence-electron chi connectivity index (χ1n) is 7.31. The van der Waals surface area contributed by atoms with Crippen molar-refractivity contribution >= 4 is 17.8 Å². The van der Waals surface area contributed by atoms with E-state index in [1.807, 2.05) is 0 Å². The molecule has 2 fully saturated rings. The van der Waals surface area contributed by atoms with Crippen LogP contribution in [-0.4, -0.2) is 72.6 Å². The quantitative estimate of drug-likeness (QED) is 0.777. The zero-order valence-electron chi connectivity index (χ0n) is 12.3. The van der Waals surface area contributed by atoms with Crippen molar-refractivity contribution in [2.24, 2.45) is 11.8 Å². The predicted octanol–water partition coefficient (Wildman–Crippen LogP) is -0.195. The van der Waals surface area contributed by atoms with Crippen LogP contribution in [0.15, 0.2) is 0 Å². The molecule has 1 aliphatic heterocycles. The van der Waals surface area contributed by atoms with Crippen molar-refractivity contribution in [2.45, 2.75) is 19.3 Å². The second-order valence-corrected chi connectivity index (χ2v) is 5.68. The average Bonchev–Trinajstić information content (AvgIpc) is 2.97. The molecular formula is C14H22N2O5. The molecule has 0 aromatic heterocycles. The van der Waals surface area contributed by atoms with Gasteiger partial charge in [-0.05, 0) is 19.3 Å². The molecule has 0 bridgehead atoms. The summed E-state index contributed by atoms with van der Waals surface area (Å²) in [6.45, 7) is 2.13. The molecule has 1 aliphatic carbocycles. The van der Waals surface area contributed by atoms with Crippen LogP contribution in [0.4, 0.5) is 0 Å². The SMILES string of the molecule is COCC(=O)N1CCN(C(=O)[C@@H]2CC[C@H](C(=O)O)C2)CC1. The normalized spacial score (nSPS) is 26.0. The van der Waals surface area contributed by atoms with E-state index in [0.29, 0.717) is 45.4 Å². The third-order valence-electron chi connectivity index (χ3n) is 4.34. The van der Waals surface area contributed by atoms with Gasteiger partial charge in [0.15, 0.2) is 0 Å². The van der Waals surface area contributed by atoms with Gasteiger partial charge in [0.2, 0.25) is 11.8 Å². The van der Waals surface area contributed by atoms with Crippen LogP contribution in [0.1, 0.15) is 19.3 Å². The van der Waals surface area contributed by atoms with Gasteiger partial charge >= 0.3 is 5.97 Å². The molecule has 0 unspecified atom stereocenters. The van der Waals surface area contributed by atoms with Crippen molar-refractivity contribution in [1.29, 1.82) is 0 Å². The average molecular weight is 298 g/mol. The molecule has 0 aromatic carbocycles. The second kappa shape index (κ2) is 6.89. The molecule has 118 valence electrons. The molecule has 1 N–H and O–H groups in total. The number of carboxylic acids is 1. The van der Waals surface area contributed by atoms with Gasteiger partial charge in [0, 0.05) is 39.2 Å². The Balaban J connectivity index is 1.81. The van der Waals surface area contributed by atoms with Crippen LogP contribution in [0.5, 0.6) is 0 Å². The Morgan fingerprint density at radius 3 is 2.14 bits per heavy atom. The number of rotatable bonds is 4. The number of aliphatic carboxylic acids is 1. The molecule has 1 saturated heterocycles. The summed E-state index contributed by atoms with van der Waals surface area (Å²) in [4.78, 5) is 38.5. The molecule has 2 amide bonds. The van der Waals surface area contributed by atoms with Crippen molar-refractivity contribution in [3.63, 3.8) is 0 Å². The van der Waals surface area contributed by atoms with Crippen LogP contribution in [0, 0.1) is 11.8 Å². The fourth-order valence-electron chi connectivity index (χ4n) is 3.08. The van der Waals surface area contributed by atoms with E-state index >= 15 is 0 Å². The maximum Gasteiger partial charge on any atom is 0.306 e. The molecule has 2 rings (SSSR count). The van der Waals surface area contributed by atoms with Gasteiger partial charge in [-0.15, -0.1) is 0 Å². The highest BCUT2D eigenvalue weighted by Gasteiger charge is 2.36. The highest BCUT2D eigenvalue weighted by atomic mass is 16.5. The smallest absolute Gasteiger partial charge is 0.306 e. The standard InChI is InChI=1S/C14H22N2O5/c1-21-9-12(17)15-4-6-16(7-5-15)13(18)10-2-3-11(8-10)14(19)20/h10-11H,2-9H2,1H3,(H,19,20)/t10-,11+/m1/s1. The molecule has 1 saturated carbocycles. The van der Waals surface area contributed by atoms with Crippen molar-refractivity contribution in [3.8, 4) is 0 Å². The maximum atomic E-state index is 12.4. The fourth-order valence-corrected chi connectivity index (χ4v) is 3.08. The molecule has 7 heteroatoms. The zero-order valence-corrected chi connectivity index (χ0v) is 12.3. The van der Waals surface area contributed by atoms with Gasteiger partial charge in [-0.2, -0.15) is 0 Å². The van der Waals surface area contributed by atoms with E-state index < -0.39 is 5.97 Å². The Morgan fingerprint density at radius 2 is 1.62 bits per heavy atom. The number of carboxylic acid groups (broad SMARTS) is 1. The minimum atomic E-state index is -0.805. The first-order valence-corrected chi connectivity index (χ1v) is 7.31. The first kappa shape index (κ1) is 15.8. The van der Waals surface area contributed by atoms with Crippen LogP contribution in [0.2, 0.25) is 0 Å². The lowest BCUT2D eigenvalue weighted by atomic mass is 10.0. The van der Waals surface area contributed by atoms with Crippen molar-refractivity contribution in [3.05, 3.63) is 0 Å². The first-order chi connectivity index (χ1) is 10.0. The molecule has 2 atom stereocenters. The van der Waals surface area contributed by atoms with Crippen LogP contribution < -0.4 is 0 Å². The van der Waals surface area contributed by atoms with E-state index in [2.05, 4.69) is 0 Å². The molecule has 1 heterocycles. The second-order valence-electron chi connectivity index (χ2n) is 5.68. The number of carbonyl (C=O) groups is 3. The van der Waals surface area contributed by atoms with E-state index in [1.165, 1.54) is 7.11 Å². The Hall–Kier alpha value is -1.63. The van der Waals surface area contributed by atoms with Crippen molar-refractivity contribution in [2.75, 3.05) is 39.9 Å². The van der Waals surface area contributed by atoms with E-state index in [1.54, 1.807) is 9.80 Å². The summed E-state index contributed by atoms with van der Waals surface area (Å²) in [5.74, 6) is -1.38. The van der Waals surface area contributed by atoms with Crippen LogP contribution in [0.3, 0.4) is 0 Å². The van der Waals surface area contributed by atoms with Gasteiger partial charge in [-0.3, -0.25) is 14.4 Å². The van der Waals surface area contributed by atoms with E-state index in [4.69, 9.17) is 9.84 Å². The summed E-state index contributed by atoms with van der Waals surface area (Å²) >= 11 is 0. The third-order valence-corrected chi connectivity index (χ3v) is 4.34. The number of hydrogen-bond acceptors (Lipinski definition) is 4. The summed E-state index contributed by atoms with van der Waals surface area (Å²) in [6.07, 6.45) is 1.67. The Labute approximate surface area is 123 Å². The van der Waals surface area contributed by atoms with Crippen LogP contribution in [-0.2, 0) is 19.1 Å². The van der Waals surface area contributed by atoms with Gasteiger partial charge in [-0.25, -0.2) is 0 Å².